The van der Waals surface area contributed by atoms with Crippen molar-refractivity contribution < 1.29 is 9.90 Å². The molecule has 0 aliphatic carbocycles. The van der Waals surface area contributed by atoms with Gasteiger partial charge in [-0.3, -0.25) is 4.90 Å². The normalized spacial score (nSPS) is 10.0. The first-order valence-corrected chi connectivity index (χ1v) is 4.66. The number of halogens is 3. The summed E-state index contributed by atoms with van der Waals surface area (Å²) in [7, 11) is 1.32. The van der Waals surface area contributed by atoms with Crippen LogP contribution in [0.2, 0.25) is 15.1 Å². The second-order valence-corrected chi connectivity index (χ2v) is 3.74. The molecule has 0 atom stereocenters. The van der Waals surface area contributed by atoms with Crippen LogP contribution in [0.1, 0.15) is 0 Å². The van der Waals surface area contributed by atoms with E-state index in [1.165, 1.54) is 19.2 Å². The van der Waals surface area contributed by atoms with Gasteiger partial charge in [-0.2, -0.15) is 0 Å². The fourth-order valence-electron chi connectivity index (χ4n) is 0.841. The first kappa shape index (κ1) is 11.4. The van der Waals surface area contributed by atoms with Gasteiger partial charge < -0.3 is 0 Å². The molecule has 1 rings (SSSR count). The van der Waals surface area contributed by atoms with Gasteiger partial charge in [-0.25, -0.2) is 9.90 Å². The second-order valence-electron chi connectivity index (χ2n) is 2.55. The molecule has 0 fully saturated rings. The molecule has 1 radical (unpaired) electrons. The number of carbonyl (C=O) groups excluding carboxylic acids is 1. The molecule has 1 amide bonds. The average molecular weight is 253 g/mol. The Kier molecular flexibility index (Phi) is 3.48. The van der Waals surface area contributed by atoms with Gasteiger partial charge in [-0.05, 0) is 12.1 Å². The molecule has 0 aliphatic rings. The van der Waals surface area contributed by atoms with Crippen molar-refractivity contribution in [3.8, 4) is 0 Å². The SMILES string of the molecule is CN(C([O])=O)c1cc(Cl)c(Cl)c(Cl)c1. The Balaban J connectivity index is 3.19. The molecule has 3 nitrogen and oxygen atoms in total. The highest BCUT2D eigenvalue weighted by Crippen LogP contribution is 2.34. The Morgan fingerprint density at radius 1 is 1.21 bits per heavy atom. The largest absolute Gasteiger partial charge is 0.457 e. The number of rotatable bonds is 1. The van der Waals surface area contributed by atoms with Gasteiger partial charge in [0, 0.05) is 12.7 Å². The molecule has 0 bridgehead atoms. The van der Waals surface area contributed by atoms with Crippen LogP contribution in [0.15, 0.2) is 12.1 Å². The van der Waals surface area contributed by atoms with E-state index in [1.54, 1.807) is 0 Å². The first-order chi connectivity index (χ1) is 6.43. The van der Waals surface area contributed by atoms with E-state index in [1.807, 2.05) is 0 Å². The number of hydrogen-bond acceptors (Lipinski definition) is 1. The molecule has 6 heteroatoms. The standard InChI is InChI=1S/C8H5Cl3NO2/c1-12(8(13)14)4-2-5(9)7(11)6(10)3-4/h2-3H,1H3. The monoisotopic (exact) mass is 252 g/mol. The number of amides is 1. The zero-order valence-corrected chi connectivity index (χ0v) is 9.32. The van der Waals surface area contributed by atoms with Crippen molar-refractivity contribution in [3.05, 3.63) is 27.2 Å². The minimum atomic E-state index is -1.35. The lowest BCUT2D eigenvalue weighted by Gasteiger charge is -2.12. The summed E-state index contributed by atoms with van der Waals surface area (Å²) < 4.78 is 0. The quantitative estimate of drug-likeness (QED) is 0.704. The second kappa shape index (κ2) is 4.26. The molecular formula is C8H5Cl3NO2. The van der Waals surface area contributed by atoms with Crippen LogP contribution in [0.4, 0.5) is 10.5 Å². The van der Waals surface area contributed by atoms with Crippen molar-refractivity contribution in [1.82, 2.24) is 0 Å². The van der Waals surface area contributed by atoms with Crippen LogP contribution in [0, 0.1) is 0 Å². The minimum absolute atomic E-state index is 0.197. The van der Waals surface area contributed by atoms with Crippen molar-refractivity contribution in [2.75, 3.05) is 11.9 Å². The van der Waals surface area contributed by atoms with E-state index in [0.717, 1.165) is 4.90 Å². The number of carbonyl (C=O) groups is 1. The maximum Gasteiger partial charge on any atom is 0.457 e. The van der Waals surface area contributed by atoms with Crippen LogP contribution >= 0.6 is 34.8 Å². The van der Waals surface area contributed by atoms with E-state index < -0.39 is 6.09 Å². The van der Waals surface area contributed by atoms with E-state index in [4.69, 9.17) is 34.8 Å². The van der Waals surface area contributed by atoms with E-state index >= 15 is 0 Å². The highest BCUT2D eigenvalue weighted by atomic mass is 35.5. The predicted molar refractivity (Wildman–Crippen MR) is 56.0 cm³/mol. The lowest BCUT2D eigenvalue weighted by Crippen LogP contribution is -2.22. The maximum absolute atomic E-state index is 10.5. The smallest absolute Gasteiger partial charge is 0.278 e. The molecule has 0 aliphatic heterocycles. The Hall–Kier alpha value is -0.640. The van der Waals surface area contributed by atoms with Gasteiger partial charge in [-0.1, -0.05) is 34.8 Å². The molecule has 75 valence electrons. The summed E-state index contributed by atoms with van der Waals surface area (Å²) >= 11 is 17.1. The topological polar surface area (TPSA) is 40.2 Å². The fourth-order valence-corrected chi connectivity index (χ4v) is 1.43. The Labute approximate surface area is 95.8 Å². The van der Waals surface area contributed by atoms with Crippen LogP contribution < -0.4 is 4.90 Å². The first-order valence-electron chi connectivity index (χ1n) is 3.52. The molecule has 1 aromatic rings. The molecule has 0 unspecified atom stereocenters. The van der Waals surface area contributed by atoms with Gasteiger partial charge in [0.2, 0.25) is 0 Å². The van der Waals surface area contributed by atoms with Gasteiger partial charge in [0.1, 0.15) is 0 Å². The molecule has 0 aromatic heterocycles. The summed E-state index contributed by atoms with van der Waals surface area (Å²) in [6, 6.07) is 2.79. The molecule has 14 heavy (non-hydrogen) atoms. The van der Waals surface area contributed by atoms with Gasteiger partial charge in [0.05, 0.1) is 15.1 Å². The van der Waals surface area contributed by atoms with E-state index in [2.05, 4.69) is 0 Å². The van der Waals surface area contributed by atoms with Crippen molar-refractivity contribution >= 4 is 46.6 Å². The zero-order chi connectivity index (χ0) is 10.9. The van der Waals surface area contributed by atoms with Crippen molar-refractivity contribution in [3.63, 3.8) is 0 Å². The third-order valence-corrected chi connectivity index (χ3v) is 2.83. The molecule has 1 aromatic carbocycles. The number of nitrogens with zero attached hydrogens (tertiary/aromatic N) is 1. The number of anilines is 1. The van der Waals surface area contributed by atoms with Gasteiger partial charge in [-0.15, -0.1) is 0 Å². The average Bonchev–Trinajstić information content (AvgIpc) is 2.12. The maximum atomic E-state index is 10.5. The molecular weight excluding hydrogens is 248 g/mol. The summed E-state index contributed by atoms with van der Waals surface area (Å²) in [6.07, 6.45) is -1.35. The van der Waals surface area contributed by atoms with Crippen LogP contribution in [-0.4, -0.2) is 13.1 Å². The van der Waals surface area contributed by atoms with Gasteiger partial charge >= 0.3 is 6.09 Å². The summed E-state index contributed by atoms with van der Waals surface area (Å²) in [5, 5.41) is 11.1. The highest BCUT2D eigenvalue weighted by Gasteiger charge is 2.14. The van der Waals surface area contributed by atoms with E-state index in [-0.39, 0.29) is 15.1 Å². The lowest BCUT2D eigenvalue weighted by atomic mass is 10.3. The van der Waals surface area contributed by atoms with Crippen LogP contribution in [0.25, 0.3) is 0 Å². The number of benzene rings is 1. The number of hydrogen-bond donors (Lipinski definition) is 0. The molecule has 0 N–H and O–H groups in total. The third kappa shape index (κ3) is 2.23. The van der Waals surface area contributed by atoms with E-state index in [9.17, 15) is 9.90 Å². The van der Waals surface area contributed by atoms with E-state index in [0.29, 0.717) is 5.69 Å². The third-order valence-electron chi connectivity index (χ3n) is 1.63. The van der Waals surface area contributed by atoms with Crippen molar-refractivity contribution in [2.45, 2.75) is 0 Å². The molecule has 0 saturated carbocycles. The van der Waals surface area contributed by atoms with Crippen molar-refractivity contribution in [2.24, 2.45) is 0 Å². The van der Waals surface area contributed by atoms with Crippen LogP contribution in [0.5, 0.6) is 0 Å². The van der Waals surface area contributed by atoms with Crippen molar-refractivity contribution in [1.29, 1.82) is 0 Å². The highest BCUT2D eigenvalue weighted by molar-refractivity contribution is 6.48. The summed E-state index contributed by atoms with van der Waals surface area (Å²) in [5.41, 5.74) is 0.310. The summed E-state index contributed by atoms with van der Waals surface area (Å²) in [4.78, 5) is 11.4. The zero-order valence-electron chi connectivity index (χ0n) is 7.05. The Morgan fingerprint density at radius 3 is 2.00 bits per heavy atom. The predicted octanol–water partition coefficient (Wildman–Crippen LogP) is 3.63. The van der Waals surface area contributed by atoms with Crippen LogP contribution in [-0.2, 0) is 5.11 Å². The minimum Gasteiger partial charge on any atom is -0.278 e. The Bertz CT molecular complexity index is 358. The molecule has 0 heterocycles. The Morgan fingerprint density at radius 2 is 1.64 bits per heavy atom. The molecule has 0 saturated heterocycles. The fraction of sp³-hybridized carbons (Fsp3) is 0.125. The van der Waals surface area contributed by atoms with Gasteiger partial charge in [0.15, 0.2) is 0 Å². The summed E-state index contributed by atoms with van der Waals surface area (Å²) in [6.45, 7) is 0. The molecule has 0 spiro atoms. The van der Waals surface area contributed by atoms with Gasteiger partial charge in [0.25, 0.3) is 0 Å². The lowest BCUT2D eigenvalue weighted by molar-refractivity contribution is 0.178. The summed E-state index contributed by atoms with van der Waals surface area (Å²) in [5.74, 6) is 0. The van der Waals surface area contributed by atoms with Crippen LogP contribution in [0.3, 0.4) is 0 Å².